The lowest BCUT2D eigenvalue weighted by atomic mass is 9.98. The van der Waals surface area contributed by atoms with E-state index in [4.69, 9.17) is 0 Å². The van der Waals surface area contributed by atoms with Crippen molar-refractivity contribution in [2.24, 2.45) is 0 Å². The van der Waals surface area contributed by atoms with Crippen LogP contribution in [0.15, 0.2) is 66.7 Å². The maximum absolute atomic E-state index is 14.2. The third-order valence-corrected chi connectivity index (χ3v) is 4.19. The summed E-state index contributed by atoms with van der Waals surface area (Å²) in [6.45, 7) is -0.818. The van der Waals surface area contributed by atoms with Gasteiger partial charge in [-0.3, -0.25) is 0 Å². The normalized spacial score (nSPS) is 11.0. The van der Waals surface area contributed by atoms with Crippen LogP contribution in [0.25, 0.3) is 22.3 Å². The molecule has 3 rings (SSSR count). The smallest absolute Gasteiger partial charge is 0.387 e. The zero-order valence-corrected chi connectivity index (χ0v) is 14.4. The lowest BCUT2D eigenvalue weighted by Crippen LogP contribution is -2.02. The van der Waals surface area contributed by atoms with Crippen molar-refractivity contribution in [1.82, 2.24) is 0 Å². The predicted octanol–water partition coefficient (Wildman–Crippen LogP) is 6.71. The van der Waals surface area contributed by atoms with Gasteiger partial charge in [-0.15, -0.1) is 0 Å². The molecule has 0 spiro atoms. The van der Waals surface area contributed by atoms with Crippen LogP contribution in [-0.4, -0.2) is 6.61 Å². The molecule has 0 saturated carbocycles. The first kappa shape index (κ1) is 18.1. The van der Waals surface area contributed by atoms with Gasteiger partial charge in [0.05, 0.1) is 0 Å². The molecule has 0 atom stereocenters. The Kier molecular flexibility index (Phi) is 5.61. The van der Waals surface area contributed by atoms with Crippen molar-refractivity contribution >= 4 is 0 Å². The zero-order valence-electron chi connectivity index (χ0n) is 14.4. The lowest BCUT2D eigenvalue weighted by molar-refractivity contribution is -0.0499. The van der Waals surface area contributed by atoms with E-state index in [2.05, 4.69) is 35.9 Å². The number of hydrogen-bond donors (Lipinski definition) is 0. The molecule has 26 heavy (non-hydrogen) atoms. The summed E-state index contributed by atoms with van der Waals surface area (Å²) in [5, 5.41) is 0. The molecule has 0 aromatic heterocycles. The second-order valence-electron chi connectivity index (χ2n) is 6.04. The number of ether oxygens (including phenoxy) is 1. The molecule has 0 heterocycles. The Labute approximate surface area is 151 Å². The van der Waals surface area contributed by atoms with Gasteiger partial charge in [0.2, 0.25) is 0 Å². The Morgan fingerprint density at radius 2 is 1.38 bits per heavy atom. The summed E-state index contributed by atoms with van der Waals surface area (Å²) in [5.41, 5.74) is 4.46. The maximum Gasteiger partial charge on any atom is 0.387 e. The van der Waals surface area contributed by atoms with E-state index in [9.17, 15) is 13.2 Å². The molecular weight excluding hydrogens is 337 g/mol. The Morgan fingerprint density at radius 1 is 0.808 bits per heavy atom. The summed E-state index contributed by atoms with van der Waals surface area (Å²) in [5.74, 6) is -0.787. The van der Waals surface area contributed by atoms with Crippen LogP contribution in [0.5, 0.6) is 5.75 Å². The number of rotatable bonds is 6. The monoisotopic (exact) mass is 356 g/mol. The van der Waals surface area contributed by atoms with Crippen LogP contribution in [0.4, 0.5) is 13.2 Å². The second-order valence-corrected chi connectivity index (χ2v) is 6.04. The van der Waals surface area contributed by atoms with Crippen LogP contribution in [0, 0.1) is 5.82 Å². The molecule has 134 valence electrons. The van der Waals surface area contributed by atoms with Gasteiger partial charge in [-0.05, 0) is 40.8 Å². The number of hydrogen-bond acceptors (Lipinski definition) is 1. The Morgan fingerprint density at radius 3 is 1.92 bits per heavy atom. The van der Waals surface area contributed by atoms with E-state index in [1.54, 1.807) is 0 Å². The third kappa shape index (κ3) is 4.26. The van der Waals surface area contributed by atoms with E-state index in [-0.39, 0.29) is 5.75 Å². The van der Waals surface area contributed by atoms with Gasteiger partial charge in [-0.2, -0.15) is 8.78 Å². The van der Waals surface area contributed by atoms with E-state index < -0.39 is 12.4 Å². The van der Waals surface area contributed by atoms with Crippen molar-refractivity contribution in [2.45, 2.75) is 26.4 Å². The molecule has 0 saturated heterocycles. The van der Waals surface area contributed by atoms with E-state index in [1.807, 2.05) is 24.3 Å². The fourth-order valence-electron chi connectivity index (χ4n) is 2.90. The molecule has 0 amide bonds. The highest BCUT2D eigenvalue weighted by molar-refractivity contribution is 5.71. The minimum atomic E-state index is -2.97. The highest BCUT2D eigenvalue weighted by Crippen LogP contribution is 2.29. The molecule has 0 radical (unpaired) electrons. The van der Waals surface area contributed by atoms with Gasteiger partial charge in [-0.25, -0.2) is 4.39 Å². The van der Waals surface area contributed by atoms with Gasteiger partial charge < -0.3 is 4.74 Å². The Hall–Kier alpha value is -2.75. The molecule has 0 aliphatic heterocycles. The van der Waals surface area contributed by atoms with Gasteiger partial charge in [-0.1, -0.05) is 61.9 Å². The minimum absolute atomic E-state index is 0.190. The average molecular weight is 356 g/mol. The summed E-state index contributed by atoms with van der Waals surface area (Å²) in [4.78, 5) is 0. The van der Waals surface area contributed by atoms with Gasteiger partial charge in [0.25, 0.3) is 0 Å². The van der Waals surface area contributed by atoms with Gasteiger partial charge in [0.15, 0.2) is 0 Å². The van der Waals surface area contributed by atoms with E-state index in [0.717, 1.165) is 30.0 Å². The largest absolute Gasteiger partial charge is 0.435 e. The number of halogens is 3. The summed E-state index contributed by atoms with van der Waals surface area (Å²) >= 11 is 0. The Balaban J connectivity index is 1.81. The highest BCUT2D eigenvalue weighted by Gasteiger charge is 2.10. The second kappa shape index (κ2) is 8.09. The summed E-state index contributed by atoms with van der Waals surface area (Å²) < 4.78 is 42.8. The molecule has 1 nitrogen and oxygen atoms in total. The quantitative estimate of drug-likeness (QED) is 0.477. The number of benzene rings is 3. The molecule has 0 fully saturated rings. The Bertz CT molecular complexity index is 856. The summed E-state index contributed by atoms with van der Waals surface area (Å²) in [6, 6.07) is 19.6. The minimum Gasteiger partial charge on any atom is -0.435 e. The molecule has 0 aliphatic rings. The molecule has 0 N–H and O–H groups in total. The summed E-state index contributed by atoms with van der Waals surface area (Å²) in [6.07, 6.45) is 2.17. The topological polar surface area (TPSA) is 9.23 Å². The van der Waals surface area contributed by atoms with E-state index in [1.165, 1.54) is 17.7 Å². The van der Waals surface area contributed by atoms with Crippen LogP contribution < -0.4 is 4.74 Å². The van der Waals surface area contributed by atoms with Crippen molar-refractivity contribution < 1.29 is 17.9 Å². The fraction of sp³-hybridized carbons (Fsp3) is 0.182. The van der Waals surface area contributed by atoms with Crippen LogP contribution >= 0.6 is 0 Å². The standard InChI is InChI=1S/C22H19F3O/c1-2-3-15-4-6-16(7-5-15)17-8-10-18(11-9-17)20-13-12-19(14-21(20)23)26-22(24)25/h4-14,22H,2-3H2,1H3. The lowest BCUT2D eigenvalue weighted by Gasteiger charge is -2.09. The first-order valence-electron chi connectivity index (χ1n) is 8.51. The maximum atomic E-state index is 14.2. The molecule has 3 aromatic carbocycles. The van der Waals surface area contributed by atoms with Crippen molar-refractivity contribution in [1.29, 1.82) is 0 Å². The number of alkyl halides is 2. The van der Waals surface area contributed by atoms with Crippen molar-refractivity contribution in [3.8, 4) is 28.0 Å². The predicted molar refractivity (Wildman–Crippen MR) is 97.9 cm³/mol. The van der Waals surface area contributed by atoms with Gasteiger partial charge >= 0.3 is 6.61 Å². The van der Waals surface area contributed by atoms with Crippen LogP contribution in [0.2, 0.25) is 0 Å². The zero-order chi connectivity index (χ0) is 18.5. The first-order valence-corrected chi connectivity index (χ1v) is 8.51. The molecule has 4 heteroatoms. The third-order valence-electron chi connectivity index (χ3n) is 4.19. The van der Waals surface area contributed by atoms with Crippen molar-refractivity contribution in [2.75, 3.05) is 0 Å². The molecule has 0 unspecified atom stereocenters. The number of aryl methyl sites for hydroxylation is 1. The molecular formula is C22H19F3O. The van der Waals surface area contributed by atoms with E-state index >= 15 is 0 Å². The van der Waals surface area contributed by atoms with Crippen LogP contribution in [-0.2, 0) is 6.42 Å². The van der Waals surface area contributed by atoms with E-state index in [0.29, 0.717) is 11.1 Å². The van der Waals surface area contributed by atoms with Crippen LogP contribution in [0.3, 0.4) is 0 Å². The van der Waals surface area contributed by atoms with Gasteiger partial charge in [0.1, 0.15) is 11.6 Å². The molecule has 0 aliphatic carbocycles. The SMILES string of the molecule is CCCc1ccc(-c2ccc(-c3ccc(OC(F)F)cc3F)cc2)cc1. The highest BCUT2D eigenvalue weighted by atomic mass is 19.3. The van der Waals surface area contributed by atoms with Crippen molar-refractivity contribution in [3.05, 3.63) is 78.1 Å². The first-order chi connectivity index (χ1) is 12.6. The fourth-order valence-corrected chi connectivity index (χ4v) is 2.90. The molecule has 3 aromatic rings. The summed E-state index contributed by atoms with van der Waals surface area (Å²) in [7, 11) is 0. The van der Waals surface area contributed by atoms with Crippen LogP contribution in [0.1, 0.15) is 18.9 Å². The molecule has 0 bridgehead atoms. The average Bonchev–Trinajstić information content (AvgIpc) is 2.63. The van der Waals surface area contributed by atoms with Gasteiger partial charge in [0, 0.05) is 11.6 Å². The van der Waals surface area contributed by atoms with Crippen molar-refractivity contribution in [3.63, 3.8) is 0 Å².